The fourth-order valence-electron chi connectivity index (χ4n) is 1.86. The Kier molecular flexibility index (Phi) is 5.36. The van der Waals surface area contributed by atoms with E-state index < -0.39 is 6.10 Å². The highest BCUT2D eigenvalue weighted by molar-refractivity contribution is 7.99. The molecule has 1 fully saturated rings. The Balaban J connectivity index is 1.91. The number of aliphatic hydroxyl groups is 1. The van der Waals surface area contributed by atoms with Gasteiger partial charge in [0.05, 0.1) is 12.6 Å². The minimum absolute atomic E-state index is 0.275. The molecule has 104 valence electrons. The van der Waals surface area contributed by atoms with E-state index in [-0.39, 0.29) is 6.54 Å². The summed E-state index contributed by atoms with van der Waals surface area (Å²) in [4.78, 5) is 6.34. The van der Waals surface area contributed by atoms with E-state index in [0.717, 1.165) is 30.2 Å². The van der Waals surface area contributed by atoms with E-state index >= 15 is 0 Å². The van der Waals surface area contributed by atoms with Crippen LogP contribution in [0, 0.1) is 0 Å². The van der Waals surface area contributed by atoms with Crippen LogP contribution in [0.15, 0.2) is 29.3 Å². The van der Waals surface area contributed by atoms with Gasteiger partial charge in [-0.25, -0.2) is 0 Å². The first-order valence-electron chi connectivity index (χ1n) is 6.23. The third-order valence-electron chi connectivity index (χ3n) is 3.02. The van der Waals surface area contributed by atoms with Crippen molar-refractivity contribution in [2.24, 2.45) is 10.7 Å². The molecular weight excluding hydrogens is 282 g/mol. The number of aliphatic hydroxyl groups excluding tert-OH is 1. The van der Waals surface area contributed by atoms with Crippen LogP contribution in [0.2, 0.25) is 5.02 Å². The second-order valence-electron chi connectivity index (χ2n) is 4.37. The maximum absolute atomic E-state index is 10.0. The Morgan fingerprint density at radius 2 is 2.00 bits per heavy atom. The summed E-state index contributed by atoms with van der Waals surface area (Å²) in [5.74, 6) is 2.68. The lowest BCUT2D eigenvalue weighted by Gasteiger charge is -2.27. The molecule has 4 nitrogen and oxygen atoms in total. The lowest BCUT2D eigenvalue weighted by molar-refractivity contribution is 0.186. The molecule has 1 aliphatic rings. The first kappa shape index (κ1) is 14.5. The van der Waals surface area contributed by atoms with Crippen molar-refractivity contribution >= 4 is 29.3 Å². The normalized spacial score (nSPS) is 18.4. The van der Waals surface area contributed by atoms with Gasteiger partial charge in [0, 0.05) is 29.6 Å². The molecule has 1 atom stereocenters. The van der Waals surface area contributed by atoms with Crippen LogP contribution in [-0.2, 0) is 0 Å². The molecule has 0 aliphatic carbocycles. The van der Waals surface area contributed by atoms with Crippen LogP contribution in [0.3, 0.4) is 0 Å². The highest BCUT2D eigenvalue weighted by Gasteiger charge is 2.13. The Hall–Kier alpha value is -0.910. The molecular formula is C13H18ClN3OS. The number of aliphatic imine (C=N–C) groups is 1. The van der Waals surface area contributed by atoms with Gasteiger partial charge in [-0.15, -0.1) is 0 Å². The van der Waals surface area contributed by atoms with Gasteiger partial charge in [0.1, 0.15) is 0 Å². The van der Waals surface area contributed by atoms with Gasteiger partial charge in [-0.2, -0.15) is 11.8 Å². The smallest absolute Gasteiger partial charge is 0.191 e. The van der Waals surface area contributed by atoms with Gasteiger partial charge in [-0.3, -0.25) is 4.99 Å². The highest BCUT2D eigenvalue weighted by atomic mass is 35.5. The average Bonchev–Trinajstić information content (AvgIpc) is 2.46. The molecule has 1 saturated heterocycles. The first-order valence-corrected chi connectivity index (χ1v) is 7.76. The third kappa shape index (κ3) is 4.30. The number of nitrogens with two attached hydrogens (primary N) is 1. The lowest BCUT2D eigenvalue weighted by Crippen LogP contribution is -2.42. The second kappa shape index (κ2) is 7.03. The van der Waals surface area contributed by atoms with E-state index in [1.165, 1.54) is 0 Å². The fraction of sp³-hybridized carbons (Fsp3) is 0.462. The average molecular weight is 300 g/mol. The Morgan fingerprint density at radius 1 is 1.37 bits per heavy atom. The Labute approximate surface area is 122 Å². The van der Waals surface area contributed by atoms with E-state index in [2.05, 4.69) is 9.89 Å². The maximum atomic E-state index is 10.0. The van der Waals surface area contributed by atoms with E-state index in [1.54, 1.807) is 24.3 Å². The minimum Gasteiger partial charge on any atom is -0.386 e. The molecule has 1 aromatic carbocycles. The van der Waals surface area contributed by atoms with Gasteiger partial charge in [0.25, 0.3) is 0 Å². The number of benzene rings is 1. The number of rotatable bonds is 3. The standard InChI is InChI=1S/C13H18ClN3OS/c14-11-3-1-10(2-4-11)12(18)9-16-13(15)17-5-7-19-8-6-17/h1-4,12,18H,5-9H2,(H2,15,16)/t12-/m1/s1. The van der Waals surface area contributed by atoms with E-state index in [1.807, 2.05) is 11.8 Å². The van der Waals surface area contributed by atoms with E-state index in [9.17, 15) is 5.11 Å². The number of thioether (sulfide) groups is 1. The summed E-state index contributed by atoms with van der Waals surface area (Å²) in [6.45, 7) is 2.13. The molecule has 0 amide bonds. The summed E-state index contributed by atoms with van der Waals surface area (Å²) in [5, 5.41) is 10.7. The zero-order valence-corrected chi connectivity index (χ0v) is 12.2. The second-order valence-corrected chi connectivity index (χ2v) is 6.03. The van der Waals surface area contributed by atoms with Crippen LogP contribution in [0.25, 0.3) is 0 Å². The molecule has 0 radical (unpaired) electrons. The van der Waals surface area contributed by atoms with Gasteiger partial charge in [-0.1, -0.05) is 23.7 Å². The Bertz CT molecular complexity index is 432. The monoisotopic (exact) mass is 299 g/mol. The van der Waals surface area contributed by atoms with Crippen molar-refractivity contribution in [2.45, 2.75) is 6.10 Å². The summed E-state index contributed by atoms with van der Waals surface area (Å²) in [7, 11) is 0. The van der Waals surface area contributed by atoms with Crippen LogP contribution < -0.4 is 5.73 Å². The molecule has 2 rings (SSSR count). The molecule has 0 spiro atoms. The van der Waals surface area contributed by atoms with Crippen molar-refractivity contribution in [1.29, 1.82) is 0 Å². The molecule has 1 aromatic rings. The SMILES string of the molecule is NC(=NC[C@@H](O)c1ccc(Cl)cc1)N1CCSCC1. The summed E-state index contributed by atoms with van der Waals surface area (Å²) in [6.07, 6.45) is -0.644. The summed E-state index contributed by atoms with van der Waals surface area (Å²) in [5.41, 5.74) is 6.73. The van der Waals surface area contributed by atoms with Crippen LogP contribution in [0.1, 0.15) is 11.7 Å². The number of guanidine groups is 1. The summed E-state index contributed by atoms with van der Waals surface area (Å²) < 4.78 is 0. The number of hydrogen-bond acceptors (Lipinski definition) is 3. The van der Waals surface area contributed by atoms with Crippen LogP contribution in [0.4, 0.5) is 0 Å². The van der Waals surface area contributed by atoms with Crippen molar-refractivity contribution < 1.29 is 5.11 Å². The summed E-state index contributed by atoms with van der Waals surface area (Å²) in [6, 6.07) is 7.12. The van der Waals surface area contributed by atoms with Crippen LogP contribution in [0.5, 0.6) is 0 Å². The number of hydrogen-bond donors (Lipinski definition) is 2. The van der Waals surface area contributed by atoms with Crippen molar-refractivity contribution in [1.82, 2.24) is 4.90 Å². The maximum Gasteiger partial charge on any atom is 0.191 e. The quantitative estimate of drug-likeness (QED) is 0.659. The predicted octanol–water partition coefficient (Wildman–Crippen LogP) is 1.74. The van der Waals surface area contributed by atoms with E-state index in [4.69, 9.17) is 17.3 Å². The van der Waals surface area contributed by atoms with Crippen molar-refractivity contribution in [3.05, 3.63) is 34.9 Å². The number of halogens is 1. The summed E-state index contributed by atoms with van der Waals surface area (Å²) >= 11 is 7.73. The van der Waals surface area contributed by atoms with Gasteiger partial charge >= 0.3 is 0 Å². The fourth-order valence-corrected chi connectivity index (χ4v) is 2.89. The molecule has 0 unspecified atom stereocenters. The topological polar surface area (TPSA) is 61.9 Å². The van der Waals surface area contributed by atoms with Gasteiger partial charge in [0.2, 0.25) is 0 Å². The predicted molar refractivity (Wildman–Crippen MR) is 81.8 cm³/mol. The van der Waals surface area contributed by atoms with Crippen LogP contribution in [-0.4, -0.2) is 47.1 Å². The van der Waals surface area contributed by atoms with Crippen molar-refractivity contribution in [3.63, 3.8) is 0 Å². The van der Waals surface area contributed by atoms with Crippen LogP contribution >= 0.6 is 23.4 Å². The number of nitrogens with zero attached hydrogens (tertiary/aromatic N) is 2. The third-order valence-corrected chi connectivity index (χ3v) is 4.21. The molecule has 19 heavy (non-hydrogen) atoms. The van der Waals surface area contributed by atoms with Crippen molar-refractivity contribution in [2.75, 3.05) is 31.1 Å². The molecule has 0 saturated carbocycles. The van der Waals surface area contributed by atoms with Gasteiger partial charge in [-0.05, 0) is 17.7 Å². The van der Waals surface area contributed by atoms with Crippen molar-refractivity contribution in [3.8, 4) is 0 Å². The minimum atomic E-state index is -0.644. The van der Waals surface area contributed by atoms with E-state index in [0.29, 0.717) is 11.0 Å². The van der Waals surface area contributed by atoms with Gasteiger partial charge in [0.15, 0.2) is 5.96 Å². The molecule has 1 aliphatic heterocycles. The molecule has 3 N–H and O–H groups in total. The zero-order chi connectivity index (χ0) is 13.7. The zero-order valence-electron chi connectivity index (χ0n) is 10.6. The largest absolute Gasteiger partial charge is 0.386 e. The molecule has 6 heteroatoms. The Morgan fingerprint density at radius 3 is 2.63 bits per heavy atom. The first-order chi connectivity index (χ1) is 9.16. The highest BCUT2D eigenvalue weighted by Crippen LogP contribution is 2.17. The van der Waals surface area contributed by atoms with Gasteiger partial charge < -0.3 is 15.7 Å². The molecule has 0 bridgehead atoms. The molecule has 1 heterocycles. The lowest BCUT2D eigenvalue weighted by atomic mass is 10.1. The molecule has 0 aromatic heterocycles.